The van der Waals surface area contributed by atoms with Crippen LogP contribution in [0, 0.1) is 5.41 Å². The molecule has 0 radical (unpaired) electrons. The fraction of sp³-hybridized carbons (Fsp3) is 0.733. The summed E-state index contributed by atoms with van der Waals surface area (Å²) in [4.78, 5) is 2.97. The van der Waals surface area contributed by atoms with Crippen molar-refractivity contribution in [2.24, 2.45) is 5.41 Å². The molecule has 0 aromatic carbocycles. The summed E-state index contributed by atoms with van der Waals surface area (Å²) in [6.07, 6.45) is 4.18. The van der Waals surface area contributed by atoms with E-state index in [4.69, 9.17) is 0 Å². The van der Waals surface area contributed by atoms with E-state index >= 15 is 0 Å². The van der Waals surface area contributed by atoms with Crippen molar-refractivity contribution >= 4 is 11.3 Å². The van der Waals surface area contributed by atoms with E-state index in [1.165, 1.54) is 35.6 Å². The molecule has 0 aliphatic heterocycles. The summed E-state index contributed by atoms with van der Waals surface area (Å²) >= 11 is 1.96. The third-order valence-electron chi connectivity index (χ3n) is 3.91. The zero-order chi connectivity index (χ0) is 12.5. The van der Waals surface area contributed by atoms with Crippen molar-refractivity contribution in [3.8, 4) is 0 Å². The summed E-state index contributed by atoms with van der Waals surface area (Å²) in [6, 6.07) is 4.57. The Bertz CT molecular complexity index is 369. The number of hydrogen-bond donors (Lipinski definition) is 1. The molecule has 1 saturated carbocycles. The van der Waals surface area contributed by atoms with Gasteiger partial charge in [0.15, 0.2) is 0 Å². The van der Waals surface area contributed by atoms with Crippen molar-refractivity contribution in [1.29, 1.82) is 0 Å². The Kier molecular flexibility index (Phi) is 3.65. The normalized spacial score (nSPS) is 18.4. The van der Waals surface area contributed by atoms with Crippen LogP contribution in [0.1, 0.15) is 56.7 Å². The minimum atomic E-state index is 0.296. The summed E-state index contributed by atoms with van der Waals surface area (Å²) in [5, 5.41) is 3.63. The van der Waals surface area contributed by atoms with Crippen LogP contribution in [-0.2, 0) is 12.0 Å². The van der Waals surface area contributed by atoms with Gasteiger partial charge < -0.3 is 5.32 Å². The molecular formula is C15H25NS. The molecule has 2 heteroatoms. The second-order valence-corrected chi connectivity index (χ2v) is 7.64. The van der Waals surface area contributed by atoms with Gasteiger partial charge in [0.25, 0.3) is 0 Å². The quantitative estimate of drug-likeness (QED) is 0.821. The van der Waals surface area contributed by atoms with Crippen LogP contribution >= 0.6 is 11.3 Å². The van der Waals surface area contributed by atoms with Gasteiger partial charge in [0.2, 0.25) is 0 Å². The number of thiophene rings is 1. The van der Waals surface area contributed by atoms with Crippen LogP contribution in [0.15, 0.2) is 12.1 Å². The van der Waals surface area contributed by atoms with Gasteiger partial charge in [0, 0.05) is 22.8 Å². The van der Waals surface area contributed by atoms with Crippen LogP contribution in [0.5, 0.6) is 0 Å². The lowest BCUT2D eigenvalue weighted by Gasteiger charge is -2.15. The largest absolute Gasteiger partial charge is 0.311 e. The van der Waals surface area contributed by atoms with Crippen molar-refractivity contribution in [1.82, 2.24) is 5.32 Å². The predicted molar refractivity (Wildman–Crippen MR) is 76.7 cm³/mol. The van der Waals surface area contributed by atoms with Crippen LogP contribution in [0.2, 0.25) is 0 Å². The van der Waals surface area contributed by atoms with E-state index < -0.39 is 0 Å². The molecule has 1 aromatic heterocycles. The van der Waals surface area contributed by atoms with Crippen molar-refractivity contribution < 1.29 is 0 Å². The second kappa shape index (κ2) is 4.74. The molecule has 17 heavy (non-hydrogen) atoms. The molecule has 0 saturated heterocycles. The van der Waals surface area contributed by atoms with E-state index in [1.807, 2.05) is 11.3 Å². The first-order valence-electron chi connectivity index (χ1n) is 6.75. The van der Waals surface area contributed by atoms with E-state index in [0.717, 1.165) is 6.54 Å². The summed E-state index contributed by atoms with van der Waals surface area (Å²) in [5.74, 6) is 0. The summed E-state index contributed by atoms with van der Waals surface area (Å²) in [5.41, 5.74) is 0.953. The smallest absolute Gasteiger partial charge is 0.0300 e. The standard InChI is InChI=1S/C15H25NS/c1-5-15(8-9-15)11-16-10-12-6-7-13(17-12)14(2,3)4/h6-7,16H,5,8-11H2,1-4H3. The maximum atomic E-state index is 3.63. The molecule has 1 aliphatic carbocycles. The Morgan fingerprint density at radius 3 is 2.47 bits per heavy atom. The average Bonchev–Trinajstić information content (AvgIpc) is 2.86. The molecule has 0 amide bonds. The zero-order valence-corrected chi connectivity index (χ0v) is 12.4. The number of hydrogen-bond acceptors (Lipinski definition) is 2. The van der Waals surface area contributed by atoms with E-state index in [-0.39, 0.29) is 0 Å². The molecule has 1 heterocycles. The lowest BCUT2D eigenvalue weighted by Crippen LogP contribution is -2.22. The van der Waals surface area contributed by atoms with Crippen molar-refractivity contribution in [2.45, 2.75) is 58.9 Å². The molecule has 1 nitrogen and oxygen atoms in total. The van der Waals surface area contributed by atoms with Crippen molar-refractivity contribution in [2.75, 3.05) is 6.54 Å². The summed E-state index contributed by atoms with van der Waals surface area (Å²) < 4.78 is 0. The monoisotopic (exact) mass is 251 g/mol. The molecule has 1 N–H and O–H groups in total. The highest BCUT2D eigenvalue weighted by atomic mass is 32.1. The minimum Gasteiger partial charge on any atom is -0.311 e. The highest BCUT2D eigenvalue weighted by Gasteiger charge is 2.39. The third kappa shape index (κ3) is 3.32. The second-order valence-electron chi connectivity index (χ2n) is 6.47. The van der Waals surface area contributed by atoms with Gasteiger partial charge in [-0.15, -0.1) is 11.3 Å². The van der Waals surface area contributed by atoms with Gasteiger partial charge in [-0.25, -0.2) is 0 Å². The van der Waals surface area contributed by atoms with Gasteiger partial charge >= 0.3 is 0 Å². The first kappa shape index (κ1) is 13.1. The molecule has 1 aromatic rings. The van der Waals surface area contributed by atoms with Gasteiger partial charge in [0.05, 0.1) is 0 Å². The number of rotatable bonds is 5. The van der Waals surface area contributed by atoms with Gasteiger partial charge in [-0.3, -0.25) is 0 Å². The van der Waals surface area contributed by atoms with Crippen LogP contribution in [0.3, 0.4) is 0 Å². The summed E-state index contributed by atoms with van der Waals surface area (Å²) in [7, 11) is 0. The van der Waals surface area contributed by atoms with Crippen LogP contribution in [-0.4, -0.2) is 6.54 Å². The van der Waals surface area contributed by atoms with Gasteiger partial charge in [-0.2, -0.15) is 0 Å². The van der Waals surface area contributed by atoms with Crippen LogP contribution < -0.4 is 5.32 Å². The molecular weight excluding hydrogens is 226 g/mol. The fourth-order valence-electron chi connectivity index (χ4n) is 2.16. The molecule has 0 atom stereocenters. The van der Waals surface area contributed by atoms with Gasteiger partial charge in [0.1, 0.15) is 0 Å². The van der Waals surface area contributed by atoms with Crippen molar-refractivity contribution in [3.63, 3.8) is 0 Å². The Hall–Kier alpha value is -0.340. The highest BCUT2D eigenvalue weighted by Crippen LogP contribution is 2.47. The van der Waals surface area contributed by atoms with E-state index in [1.54, 1.807) is 0 Å². The first-order valence-corrected chi connectivity index (χ1v) is 7.57. The molecule has 1 fully saturated rings. The Labute approximate surface area is 110 Å². The summed E-state index contributed by atoms with van der Waals surface area (Å²) in [6.45, 7) is 11.4. The molecule has 1 aliphatic rings. The average molecular weight is 251 g/mol. The van der Waals surface area contributed by atoms with Crippen molar-refractivity contribution in [3.05, 3.63) is 21.9 Å². The molecule has 0 bridgehead atoms. The van der Waals surface area contributed by atoms with Crippen LogP contribution in [0.25, 0.3) is 0 Å². The van der Waals surface area contributed by atoms with E-state index in [9.17, 15) is 0 Å². The first-order chi connectivity index (χ1) is 7.95. The lowest BCUT2D eigenvalue weighted by molar-refractivity contribution is 0.444. The lowest BCUT2D eigenvalue weighted by atomic mass is 9.95. The Morgan fingerprint density at radius 1 is 1.29 bits per heavy atom. The van der Waals surface area contributed by atoms with Crippen LogP contribution in [0.4, 0.5) is 0 Å². The maximum absolute atomic E-state index is 3.63. The highest BCUT2D eigenvalue weighted by molar-refractivity contribution is 7.12. The molecule has 2 rings (SSSR count). The third-order valence-corrected chi connectivity index (χ3v) is 5.42. The maximum Gasteiger partial charge on any atom is 0.0300 e. The van der Waals surface area contributed by atoms with E-state index in [2.05, 4.69) is 45.1 Å². The van der Waals surface area contributed by atoms with Gasteiger partial charge in [-0.1, -0.05) is 27.7 Å². The molecule has 0 spiro atoms. The zero-order valence-electron chi connectivity index (χ0n) is 11.6. The Morgan fingerprint density at radius 2 is 2.00 bits per heavy atom. The minimum absolute atomic E-state index is 0.296. The molecule has 0 unspecified atom stereocenters. The SMILES string of the molecule is CCC1(CNCc2ccc(C(C)(C)C)s2)CC1. The fourth-order valence-corrected chi connectivity index (χ4v) is 3.19. The van der Waals surface area contributed by atoms with E-state index in [0.29, 0.717) is 10.8 Å². The Balaban J connectivity index is 1.81. The topological polar surface area (TPSA) is 12.0 Å². The van der Waals surface area contributed by atoms with Gasteiger partial charge in [-0.05, 0) is 42.2 Å². The molecule has 96 valence electrons. The predicted octanol–water partition coefficient (Wildman–Crippen LogP) is 4.33. The number of nitrogens with one attached hydrogen (secondary N) is 1.